The topological polar surface area (TPSA) is 22.2 Å². The third kappa shape index (κ3) is 6.72. The second-order valence-electron chi connectivity index (χ2n) is 18.5. The third-order valence-electron chi connectivity index (χ3n) is 14.3. The normalized spacial score (nSPS) is 12.5. The lowest BCUT2D eigenvalue weighted by molar-refractivity contribution is 0.488. The molecule has 0 bridgehead atoms. The van der Waals surface area contributed by atoms with Gasteiger partial charge in [0.05, 0.1) is 22.7 Å². The zero-order valence-electron chi connectivity index (χ0n) is 39.3. The van der Waals surface area contributed by atoms with Crippen LogP contribution in [-0.4, -0.2) is 6.71 Å². The molecule has 11 aromatic rings. The predicted octanol–water partition coefficient (Wildman–Crippen LogP) is 16.1. The molecule has 3 heterocycles. The molecule has 0 saturated carbocycles. The molecule has 0 saturated heterocycles. The standard InChI is InChI=1S/C66H45BN4O/c1-9-25-46(26-10-1)56-45-57(47-27-11-2-12-28-47)66-64-65(56)70(52-37-21-7-22-38-52)58-41-54(68(48-29-13-3-14-30-48)49-31-15-4-16-32-49)43-60-62(58)67(64)63-59(71(66)53-39-23-8-24-40-53)42-55(44-61(63)72-60)69(50-33-17-5-18-34-50)51-35-19-6-20-36-51/h1-45H. The van der Waals surface area contributed by atoms with Gasteiger partial charge in [-0.1, -0.05) is 170 Å². The molecule has 0 aromatic heterocycles. The molecule has 5 nitrogen and oxygen atoms in total. The Morgan fingerprint density at radius 1 is 0.292 bits per heavy atom. The van der Waals surface area contributed by atoms with Crippen molar-refractivity contribution < 1.29 is 4.74 Å². The Kier molecular flexibility index (Phi) is 9.88. The van der Waals surface area contributed by atoms with Crippen LogP contribution in [0.4, 0.5) is 68.2 Å². The maximum Gasteiger partial charge on any atom is 0.261 e. The smallest absolute Gasteiger partial charge is 0.261 e. The number of nitrogens with zero attached hydrogens (tertiary/aromatic N) is 4. The van der Waals surface area contributed by atoms with Crippen LogP contribution in [0.2, 0.25) is 0 Å². The van der Waals surface area contributed by atoms with E-state index < -0.39 is 0 Å². The van der Waals surface area contributed by atoms with E-state index in [2.05, 4.69) is 293 Å². The molecule has 3 aliphatic rings. The summed E-state index contributed by atoms with van der Waals surface area (Å²) in [6.07, 6.45) is 0. The maximum atomic E-state index is 7.67. The van der Waals surface area contributed by atoms with Crippen LogP contribution in [-0.2, 0) is 0 Å². The van der Waals surface area contributed by atoms with Gasteiger partial charge in [-0.2, -0.15) is 0 Å². The largest absolute Gasteiger partial charge is 0.458 e. The number of anilines is 12. The van der Waals surface area contributed by atoms with Crippen molar-refractivity contribution in [2.75, 3.05) is 19.6 Å². The molecule has 72 heavy (non-hydrogen) atoms. The van der Waals surface area contributed by atoms with Crippen LogP contribution in [0.5, 0.6) is 11.5 Å². The van der Waals surface area contributed by atoms with Crippen molar-refractivity contribution in [1.82, 2.24) is 0 Å². The number of benzene rings is 11. The van der Waals surface area contributed by atoms with Crippen molar-refractivity contribution >= 4 is 91.3 Å². The fourth-order valence-electron chi connectivity index (χ4n) is 11.4. The molecule has 0 N–H and O–H groups in total. The summed E-state index contributed by atoms with van der Waals surface area (Å²) in [5.74, 6) is 1.64. The van der Waals surface area contributed by atoms with Crippen molar-refractivity contribution in [2.45, 2.75) is 0 Å². The van der Waals surface area contributed by atoms with E-state index in [-0.39, 0.29) is 6.71 Å². The average molecular weight is 921 g/mol. The van der Waals surface area contributed by atoms with Gasteiger partial charge in [-0.25, -0.2) is 0 Å². The molecule has 0 spiro atoms. The third-order valence-corrected chi connectivity index (χ3v) is 14.3. The van der Waals surface area contributed by atoms with Crippen molar-refractivity contribution in [2.24, 2.45) is 0 Å². The highest BCUT2D eigenvalue weighted by atomic mass is 16.5. The van der Waals surface area contributed by atoms with Crippen LogP contribution < -0.4 is 40.7 Å². The van der Waals surface area contributed by atoms with Crippen LogP contribution in [0.1, 0.15) is 0 Å². The Balaban J connectivity index is 1.16. The number of rotatable bonds is 10. The van der Waals surface area contributed by atoms with E-state index in [0.717, 1.165) is 113 Å². The average Bonchev–Trinajstić information content (AvgIpc) is 3.45. The summed E-state index contributed by atoms with van der Waals surface area (Å²) in [5, 5.41) is 0. The van der Waals surface area contributed by atoms with Gasteiger partial charge in [-0.05, 0) is 119 Å². The second-order valence-corrected chi connectivity index (χ2v) is 18.5. The molecule has 0 atom stereocenters. The minimum absolute atomic E-state index is 0.211. The van der Waals surface area contributed by atoms with Gasteiger partial charge in [0.25, 0.3) is 6.71 Å². The molecule has 0 radical (unpaired) electrons. The van der Waals surface area contributed by atoms with Crippen molar-refractivity contribution in [3.05, 3.63) is 273 Å². The summed E-state index contributed by atoms with van der Waals surface area (Å²) >= 11 is 0. The summed E-state index contributed by atoms with van der Waals surface area (Å²) in [4.78, 5) is 9.74. The Morgan fingerprint density at radius 2 is 0.597 bits per heavy atom. The molecule has 11 aromatic carbocycles. The van der Waals surface area contributed by atoms with Gasteiger partial charge in [0, 0.05) is 68.8 Å². The van der Waals surface area contributed by atoms with Gasteiger partial charge in [-0.3, -0.25) is 0 Å². The van der Waals surface area contributed by atoms with Gasteiger partial charge in [0.2, 0.25) is 0 Å². The van der Waals surface area contributed by atoms with E-state index in [9.17, 15) is 0 Å². The first-order valence-electron chi connectivity index (χ1n) is 24.6. The maximum absolute atomic E-state index is 7.67. The molecule has 0 unspecified atom stereocenters. The summed E-state index contributed by atoms with van der Waals surface area (Å²) in [6.45, 7) is -0.211. The number of ether oxygens (including phenoxy) is 1. The van der Waals surface area contributed by atoms with Gasteiger partial charge >= 0.3 is 0 Å². The fourth-order valence-corrected chi connectivity index (χ4v) is 11.4. The number of para-hydroxylation sites is 6. The van der Waals surface area contributed by atoms with Crippen LogP contribution in [0.3, 0.4) is 0 Å². The highest BCUT2D eigenvalue weighted by Gasteiger charge is 2.51. The van der Waals surface area contributed by atoms with E-state index >= 15 is 0 Å². The summed E-state index contributed by atoms with van der Waals surface area (Å²) in [5.41, 5.74) is 20.9. The molecular weight excluding hydrogens is 876 g/mol. The first kappa shape index (κ1) is 41.5. The fraction of sp³-hybridized carbons (Fsp3) is 0. The highest BCUT2D eigenvalue weighted by Crippen LogP contribution is 2.56. The van der Waals surface area contributed by atoms with Crippen LogP contribution in [0.15, 0.2) is 273 Å². The Bertz CT molecular complexity index is 3450. The number of hydrogen-bond donors (Lipinski definition) is 0. The monoisotopic (exact) mass is 920 g/mol. The van der Waals surface area contributed by atoms with Crippen molar-refractivity contribution in [3.63, 3.8) is 0 Å². The lowest BCUT2D eigenvalue weighted by Gasteiger charge is -2.48. The van der Waals surface area contributed by atoms with Crippen LogP contribution >= 0.6 is 0 Å². The lowest BCUT2D eigenvalue weighted by Crippen LogP contribution is -2.63. The molecule has 6 heteroatoms. The molecule has 0 amide bonds. The Hall–Kier alpha value is -9.52. The van der Waals surface area contributed by atoms with E-state index in [1.54, 1.807) is 0 Å². The van der Waals surface area contributed by atoms with Gasteiger partial charge in [0.1, 0.15) is 11.5 Å². The van der Waals surface area contributed by atoms with E-state index in [4.69, 9.17) is 4.74 Å². The molecule has 338 valence electrons. The first-order chi connectivity index (χ1) is 35.8. The molecular formula is C66H45BN4O. The van der Waals surface area contributed by atoms with Crippen molar-refractivity contribution in [3.8, 4) is 33.8 Å². The quantitative estimate of drug-likeness (QED) is 0.127. The highest BCUT2D eigenvalue weighted by molar-refractivity contribution is 7.02. The summed E-state index contributed by atoms with van der Waals surface area (Å²) < 4.78 is 7.67. The van der Waals surface area contributed by atoms with E-state index in [1.807, 2.05) is 0 Å². The lowest BCUT2D eigenvalue weighted by atomic mass is 9.32. The summed E-state index contributed by atoms with van der Waals surface area (Å²) in [7, 11) is 0. The zero-order chi connectivity index (χ0) is 47.5. The molecule has 14 rings (SSSR count). The SMILES string of the molecule is c1ccc(-c2cc(-c3ccccc3)c3c4c2N(c2ccccc2)c2cc(N(c5ccccc5)c5ccccc5)cc5c2B4c2c(cc(N(c4ccccc4)c4ccccc4)cc2N3c2ccccc2)O5)cc1. The van der Waals surface area contributed by atoms with Gasteiger partial charge in [0.15, 0.2) is 0 Å². The number of hydrogen-bond acceptors (Lipinski definition) is 5. The molecule has 0 aliphatic carbocycles. The molecule has 0 fully saturated rings. The minimum atomic E-state index is -0.211. The van der Waals surface area contributed by atoms with Gasteiger partial charge < -0.3 is 24.3 Å². The minimum Gasteiger partial charge on any atom is -0.458 e. The van der Waals surface area contributed by atoms with Crippen LogP contribution in [0.25, 0.3) is 22.3 Å². The predicted molar refractivity (Wildman–Crippen MR) is 301 cm³/mol. The van der Waals surface area contributed by atoms with E-state index in [0.29, 0.717) is 0 Å². The van der Waals surface area contributed by atoms with Crippen LogP contribution in [0, 0.1) is 0 Å². The first-order valence-corrected chi connectivity index (χ1v) is 24.6. The molecule has 3 aliphatic heterocycles. The van der Waals surface area contributed by atoms with Crippen molar-refractivity contribution in [1.29, 1.82) is 0 Å². The van der Waals surface area contributed by atoms with Gasteiger partial charge in [-0.15, -0.1) is 0 Å². The summed E-state index contributed by atoms with van der Waals surface area (Å²) in [6, 6.07) is 98.1. The zero-order valence-corrected chi connectivity index (χ0v) is 39.3. The second kappa shape index (κ2) is 17.2. The Labute approximate surface area is 420 Å². The Morgan fingerprint density at radius 3 is 0.931 bits per heavy atom. The van der Waals surface area contributed by atoms with E-state index in [1.165, 1.54) is 5.46 Å².